The van der Waals surface area contributed by atoms with E-state index in [1.54, 1.807) is 25.3 Å². The lowest BCUT2D eigenvalue weighted by atomic mass is 10.1. The minimum absolute atomic E-state index is 0.229. The molecule has 6 heteroatoms. The Morgan fingerprint density at radius 3 is 2.27 bits per heavy atom. The lowest BCUT2D eigenvalue weighted by molar-refractivity contribution is 0.102. The van der Waals surface area contributed by atoms with Gasteiger partial charge in [-0.3, -0.25) is 4.79 Å². The molecule has 0 atom stereocenters. The first-order valence-electron chi connectivity index (χ1n) is 8.68. The third-order valence-electron chi connectivity index (χ3n) is 4.64. The second-order valence-corrected chi connectivity index (χ2v) is 6.33. The monoisotopic (exact) mass is 355 g/mol. The smallest absolute Gasteiger partial charge is 0.259 e. The first kappa shape index (κ1) is 18.1. The Morgan fingerprint density at radius 1 is 0.962 bits per heavy atom. The summed E-state index contributed by atoms with van der Waals surface area (Å²) < 4.78 is 10.6. The van der Waals surface area contributed by atoms with Crippen molar-refractivity contribution in [2.24, 2.45) is 0 Å². The van der Waals surface area contributed by atoms with Gasteiger partial charge in [-0.05, 0) is 43.4 Å². The van der Waals surface area contributed by atoms with E-state index in [2.05, 4.69) is 22.2 Å². The SMILES string of the molecule is COc1cccc(C(=O)Nc2ccc(N3CCN(C)CC3)cc2)c1OC. The van der Waals surface area contributed by atoms with Crippen molar-refractivity contribution in [1.82, 2.24) is 4.90 Å². The molecule has 1 amide bonds. The summed E-state index contributed by atoms with van der Waals surface area (Å²) in [5.41, 5.74) is 2.36. The van der Waals surface area contributed by atoms with Crippen LogP contribution in [-0.4, -0.2) is 58.3 Å². The second kappa shape index (κ2) is 8.10. The maximum Gasteiger partial charge on any atom is 0.259 e. The highest BCUT2D eigenvalue weighted by Crippen LogP contribution is 2.31. The third kappa shape index (κ3) is 3.91. The van der Waals surface area contributed by atoms with Gasteiger partial charge in [-0.25, -0.2) is 0 Å². The van der Waals surface area contributed by atoms with Gasteiger partial charge in [0.25, 0.3) is 5.91 Å². The Hall–Kier alpha value is -2.73. The van der Waals surface area contributed by atoms with Crippen LogP contribution in [0.3, 0.4) is 0 Å². The zero-order chi connectivity index (χ0) is 18.5. The molecule has 0 radical (unpaired) electrons. The lowest BCUT2D eigenvalue weighted by Crippen LogP contribution is -2.44. The van der Waals surface area contributed by atoms with E-state index in [1.165, 1.54) is 12.8 Å². The molecule has 1 aliphatic heterocycles. The minimum atomic E-state index is -0.229. The fourth-order valence-corrected chi connectivity index (χ4v) is 3.08. The van der Waals surface area contributed by atoms with E-state index in [0.717, 1.165) is 31.9 Å². The van der Waals surface area contributed by atoms with E-state index < -0.39 is 0 Å². The molecule has 0 aromatic heterocycles. The van der Waals surface area contributed by atoms with Gasteiger partial charge in [0.15, 0.2) is 11.5 Å². The molecular formula is C20H25N3O3. The maximum absolute atomic E-state index is 12.6. The van der Waals surface area contributed by atoms with E-state index in [0.29, 0.717) is 17.1 Å². The van der Waals surface area contributed by atoms with E-state index in [4.69, 9.17) is 9.47 Å². The number of carbonyl (C=O) groups excluding carboxylic acids is 1. The fraction of sp³-hybridized carbons (Fsp3) is 0.350. The third-order valence-corrected chi connectivity index (χ3v) is 4.64. The summed E-state index contributed by atoms with van der Waals surface area (Å²) >= 11 is 0. The van der Waals surface area contributed by atoms with Crippen molar-refractivity contribution < 1.29 is 14.3 Å². The maximum atomic E-state index is 12.6. The van der Waals surface area contributed by atoms with Crippen LogP contribution in [0.5, 0.6) is 11.5 Å². The van der Waals surface area contributed by atoms with Crippen LogP contribution in [0, 0.1) is 0 Å². The van der Waals surface area contributed by atoms with E-state index in [-0.39, 0.29) is 5.91 Å². The zero-order valence-electron chi connectivity index (χ0n) is 15.5. The number of amides is 1. The summed E-state index contributed by atoms with van der Waals surface area (Å²) in [6.45, 7) is 4.16. The summed E-state index contributed by atoms with van der Waals surface area (Å²) in [4.78, 5) is 17.3. The number of benzene rings is 2. The number of nitrogens with one attached hydrogen (secondary N) is 1. The second-order valence-electron chi connectivity index (χ2n) is 6.33. The van der Waals surface area contributed by atoms with Gasteiger partial charge in [-0.2, -0.15) is 0 Å². The van der Waals surface area contributed by atoms with Gasteiger partial charge in [0, 0.05) is 37.6 Å². The Labute approximate surface area is 154 Å². The molecule has 3 rings (SSSR count). The summed E-state index contributed by atoms with van der Waals surface area (Å²) in [5.74, 6) is 0.736. The van der Waals surface area contributed by atoms with Crippen molar-refractivity contribution in [1.29, 1.82) is 0 Å². The van der Waals surface area contributed by atoms with Crippen LogP contribution in [0.2, 0.25) is 0 Å². The largest absolute Gasteiger partial charge is 0.493 e. The van der Waals surface area contributed by atoms with E-state index in [1.807, 2.05) is 24.3 Å². The average molecular weight is 355 g/mol. The Kier molecular flexibility index (Phi) is 5.63. The van der Waals surface area contributed by atoms with Crippen molar-refractivity contribution >= 4 is 17.3 Å². The quantitative estimate of drug-likeness (QED) is 0.894. The molecule has 0 unspecified atom stereocenters. The summed E-state index contributed by atoms with van der Waals surface area (Å²) in [6.07, 6.45) is 0. The van der Waals surface area contributed by atoms with E-state index in [9.17, 15) is 4.79 Å². The highest BCUT2D eigenvalue weighted by atomic mass is 16.5. The van der Waals surface area contributed by atoms with Gasteiger partial charge in [-0.1, -0.05) is 6.07 Å². The molecule has 2 aromatic carbocycles. The Bertz CT molecular complexity index is 753. The number of carbonyl (C=O) groups is 1. The Balaban J connectivity index is 1.70. The summed E-state index contributed by atoms with van der Waals surface area (Å²) in [7, 11) is 5.22. The molecule has 26 heavy (non-hydrogen) atoms. The van der Waals surface area contributed by atoms with Gasteiger partial charge in [0.1, 0.15) is 0 Å². The number of hydrogen-bond donors (Lipinski definition) is 1. The standard InChI is InChI=1S/C20H25N3O3/c1-22-11-13-23(14-12-22)16-9-7-15(8-10-16)21-20(24)17-5-4-6-18(25-2)19(17)26-3/h4-10H,11-14H2,1-3H3,(H,21,24). The van der Waals surface area contributed by atoms with Gasteiger partial charge in [0.2, 0.25) is 0 Å². The first-order chi connectivity index (χ1) is 12.6. The molecule has 1 heterocycles. The number of methoxy groups -OCH3 is 2. The molecule has 0 spiro atoms. The molecule has 2 aromatic rings. The van der Waals surface area contributed by atoms with Crippen molar-refractivity contribution in [3.8, 4) is 11.5 Å². The zero-order valence-corrected chi connectivity index (χ0v) is 15.5. The Morgan fingerprint density at radius 2 is 1.65 bits per heavy atom. The number of rotatable bonds is 5. The van der Waals surface area contributed by atoms with Gasteiger partial charge in [0.05, 0.1) is 19.8 Å². The highest BCUT2D eigenvalue weighted by molar-refractivity contribution is 6.06. The predicted octanol–water partition coefficient (Wildman–Crippen LogP) is 2.71. The fourth-order valence-electron chi connectivity index (χ4n) is 3.08. The molecule has 1 saturated heterocycles. The minimum Gasteiger partial charge on any atom is -0.493 e. The van der Waals surface area contributed by atoms with Crippen molar-refractivity contribution in [2.45, 2.75) is 0 Å². The van der Waals surface area contributed by atoms with Gasteiger partial charge in [-0.15, -0.1) is 0 Å². The van der Waals surface area contributed by atoms with Crippen LogP contribution < -0.4 is 19.7 Å². The molecule has 6 nitrogen and oxygen atoms in total. The van der Waals surface area contributed by atoms with Crippen LogP contribution in [0.4, 0.5) is 11.4 Å². The number of hydrogen-bond acceptors (Lipinski definition) is 5. The lowest BCUT2D eigenvalue weighted by Gasteiger charge is -2.34. The number of anilines is 2. The predicted molar refractivity (Wildman–Crippen MR) is 104 cm³/mol. The highest BCUT2D eigenvalue weighted by Gasteiger charge is 2.17. The normalized spacial score (nSPS) is 14.8. The van der Waals surface area contributed by atoms with Crippen molar-refractivity contribution in [2.75, 3.05) is 57.7 Å². The average Bonchev–Trinajstić information content (AvgIpc) is 2.68. The molecule has 0 saturated carbocycles. The number of likely N-dealkylation sites (N-methyl/N-ethyl adjacent to an activating group) is 1. The molecule has 138 valence electrons. The number of para-hydroxylation sites is 1. The first-order valence-corrected chi connectivity index (χ1v) is 8.68. The van der Waals surface area contributed by atoms with E-state index >= 15 is 0 Å². The molecule has 0 aliphatic carbocycles. The van der Waals surface area contributed by atoms with Crippen LogP contribution in [0.15, 0.2) is 42.5 Å². The molecule has 1 N–H and O–H groups in total. The summed E-state index contributed by atoms with van der Waals surface area (Å²) in [6, 6.07) is 13.2. The number of ether oxygens (including phenoxy) is 2. The number of piperazine rings is 1. The molecular weight excluding hydrogens is 330 g/mol. The molecule has 1 fully saturated rings. The molecule has 1 aliphatic rings. The van der Waals surface area contributed by atoms with Crippen molar-refractivity contribution in [3.63, 3.8) is 0 Å². The van der Waals surface area contributed by atoms with Crippen LogP contribution in [-0.2, 0) is 0 Å². The van der Waals surface area contributed by atoms with Gasteiger partial charge >= 0.3 is 0 Å². The van der Waals surface area contributed by atoms with Crippen LogP contribution >= 0.6 is 0 Å². The van der Waals surface area contributed by atoms with Gasteiger partial charge < -0.3 is 24.6 Å². The number of nitrogens with zero attached hydrogens (tertiary/aromatic N) is 2. The topological polar surface area (TPSA) is 54.0 Å². The van der Waals surface area contributed by atoms with Crippen molar-refractivity contribution in [3.05, 3.63) is 48.0 Å². The summed E-state index contributed by atoms with van der Waals surface area (Å²) in [5, 5.41) is 2.92. The molecule has 0 bridgehead atoms. The van der Waals surface area contributed by atoms with Crippen LogP contribution in [0.1, 0.15) is 10.4 Å². The van der Waals surface area contributed by atoms with Crippen LogP contribution in [0.25, 0.3) is 0 Å².